The highest BCUT2D eigenvalue weighted by Gasteiger charge is 2.30. The summed E-state index contributed by atoms with van der Waals surface area (Å²) in [5.41, 5.74) is 7.46. The van der Waals surface area contributed by atoms with Gasteiger partial charge in [0.1, 0.15) is 12.1 Å². The molecule has 0 unspecified atom stereocenters. The molecule has 10 nitrogen and oxygen atoms in total. The van der Waals surface area contributed by atoms with Crippen molar-refractivity contribution in [2.45, 2.75) is 58.7 Å². The van der Waals surface area contributed by atoms with Crippen molar-refractivity contribution in [3.8, 4) is 0 Å². The third-order valence-corrected chi connectivity index (χ3v) is 5.97. The molecule has 10 heteroatoms. The van der Waals surface area contributed by atoms with E-state index < -0.39 is 41.8 Å². The van der Waals surface area contributed by atoms with E-state index >= 15 is 0 Å². The number of carbonyl (C=O) groups is 4. The summed E-state index contributed by atoms with van der Waals surface area (Å²) in [6.45, 7) is 6.80. The van der Waals surface area contributed by atoms with Crippen LogP contribution in [0.2, 0.25) is 0 Å². The largest absolute Gasteiger partial charge is 0.480 e. The van der Waals surface area contributed by atoms with Gasteiger partial charge >= 0.3 is 5.97 Å². The van der Waals surface area contributed by atoms with Gasteiger partial charge in [0.15, 0.2) is 0 Å². The van der Waals surface area contributed by atoms with E-state index in [1.54, 1.807) is 27.0 Å². The Balaban J connectivity index is 2.19. The topological polar surface area (TPSA) is 166 Å². The molecule has 0 radical (unpaired) electrons. The molecule has 1 heterocycles. The number of aliphatic carboxylic acids is 1. The molecule has 0 bridgehead atoms. The maximum atomic E-state index is 13.1. The van der Waals surface area contributed by atoms with Gasteiger partial charge in [-0.2, -0.15) is 0 Å². The summed E-state index contributed by atoms with van der Waals surface area (Å²) >= 11 is 0. The van der Waals surface area contributed by atoms with Gasteiger partial charge in [-0.3, -0.25) is 14.4 Å². The first-order chi connectivity index (χ1) is 16.0. The molecule has 2 rings (SSSR count). The van der Waals surface area contributed by atoms with Crippen molar-refractivity contribution in [1.29, 1.82) is 0 Å². The number of hydrogen-bond donors (Lipinski definition) is 6. The normalized spacial score (nSPS) is 14.8. The summed E-state index contributed by atoms with van der Waals surface area (Å²) in [5.74, 6) is -3.21. The van der Waals surface area contributed by atoms with Crippen LogP contribution >= 0.6 is 0 Å². The van der Waals surface area contributed by atoms with Crippen LogP contribution in [0.3, 0.4) is 0 Å². The van der Waals surface area contributed by atoms with Gasteiger partial charge in [0, 0.05) is 23.5 Å². The number of nitrogens with one attached hydrogen (secondary N) is 4. The SMILES string of the molecule is CC[C@H](C)[C@H](NC(=O)[C@H](Cc1c[nH]c2ccccc12)NC(=O)CNC(=O)[C@@H](N)C(C)C)C(=O)O. The van der Waals surface area contributed by atoms with Crippen LogP contribution in [0, 0.1) is 11.8 Å². The van der Waals surface area contributed by atoms with Crippen LogP contribution in [0.1, 0.15) is 39.7 Å². The quantitative estimate of drug-likeness (QED) is 0.268. The molecule has 0 aliphatic rings. The minimum atomic E-state index is -1.14. The Labute approximate surface area is 199 Å². The summed E-state index contributed by atoms with van der Waals surface area (Å²) in [6.07, 6.45) is 2.44. The molecule has 0 aliphatic carbocycles. The van der Waals surface area contributed by atoms with Crippen LogP contribution in [0.25, 0.3) is 10.9 Å². The monoisotopic (exact) mass is 473 g/mol. The van der Waals surface area contributed by atoms with Gasteiger partial charge in [0.25, 0.3) is 0 Å². The van der Waals surface area contributed by atoms with Gasteiger partial charge in [-0.1, -0.05) is 52.3 Å². The molecule has 0 spiro atoms. The molecule has 1 aromatic carbocycles. The zero-order valence-corrected chi connectivity index (χ0v) is 20.1. The molecule has 0 saturated heterocycles. The lowest BCUT2D eigenvalue weighted by atomic mass is 9.98. The van der Waals surface area contributed by atoms with Crippen molar-refractivity contribution in [3.05, 3.63) is 36.0 Å². The van der Waals surface area contributed by atoms with Gasteiger partial charge in [0.2, 0.25) is 17.7 Å². The van der Waals surface area contributed by atoms with Gasteiger partial charge in [0.05, 0.1) is 12.6 Å². The molecule has 0 fully saturated rings. The van der Waals surface area contributed by atoms with Crippen molar-refractivity contribution >= 4 is 34.6 Å². The molecule has 0 saturated carbocycles. The van der Waals surface area contributed by atoms with Crippen LogP contribution in [-0.4, -0.2) is 58.5 Å². The lowest BCUT2D eigenvalue weighted by Crippen LogP contribution is -2.55. The summed E-state index contributed by atoms with van der Waals surface area (Å²) in [5, 5.41) is 18.1. The Morgan fingerprint density at radius 2 is 1.74 bits per heavy atom. The molecule has 3 amide bonds. The zero-order chi connectivity index (χ0) is 25.4. The number of hydrogen-bond acceptors (Lipinski definition) is 5. The first kappa shape index (κ1) is 26.8. The summed E-state index contributed by atoms with van der Waals surface area (Å²) in [7, 11) is 0. The first-order valence-electron chi connectivity index (χ1n) is 11.5. The second-order valence-corrected chi connectivity index (χ2v) is 8.88. The highest BCUT2D eigenvalue weighted by Crippen LogP contribution is 2.19. The number of fused-ring (bicyclic) bond motifs is 1. The Morgan fingerprint density at radius 3 is 2.35 bits per heavy atom. The Morgan fingerprint density at radius 1 is 1.06 bits per heavy atom. The molecular formula is C24H35N5O5. The maximum absolute atomic E-state index is 13.1. The number of benzene rings is 1. The third-order valence-electron chi connectivity index (χ3n) is 5.97. The van der Waals surface area contributed by atoms with Gasteiger partial charge in [-0.05, 0) is 23.5 Å². The molecule has 186 valence electrons. The molecule has 1 aromatic heterocycles. The van der Waals surface area contributed by atoms with E-state index in [-0.39, 0.29) is 24.8 Å². The highest BCUT2D eigenvalue weighted by atomic mass is 16.4. The van der Waals surface area contributed by atoms with Gasteiger partial charge < -0.3 is 31.8 Å². The fourth-order valence-electron chi connectivity index (χ4n) is 3.50. The second kappa shape index (κ2) is 12.2. The third kappa shape index (κ3) is 7.05. The number of nitrogens with two attached hydrogens (primary N) is 1. The van der Waals surface area contributed by atoms with Crippen molar-refractivity contribution < 1.29 is 24.3 Å². The number of para-hydroxylation sites is 1. The van der Waals surface area contributed by atoms with E-state index in [1.807, 2.05) is 31.2 Å². The van der Waals surface area contributed by atoms with Crippen molar-refractivity contribution in [2.24, 2.45) is 17.6 Å². The minimum Gasteiger partial charge on any atom is -0.480 e. The van der Waals surface area contributed by atoms with Crippen LogP contribution in [0.5, 0.6) is 0 Å². The number of amides is 3. The first-order valence-corrected chi connectivity index (χ1v) is 11.5. The Bertz CT molecular complexity index is 1020. The maximum Gasteiger partial charge on any atom is 0.326 e. The Kier molecular flexibility index (Phi) is 9.61. The van der Waals surface area contributed by atoms with Gasteiger partial charge in [-0.15, -0.1) is 0 Å². The smallest absolute Gasteiger partial charge is 0.326 e. The van der Waals surface area contributed by atoms with Crippen LogP contribution < -0.4 is 21.7 Å². The second-order valence-electron chi connectivity index (χ2n) is 8.88. The average Bonchev–Trinajstić information content (AvgIpc) is 3.21. The van der Waals surface area contributed by atoms with Crippen LogP contribution in [0.4, 0.5) is 0 Å². The molecule has 0 aliphatic heterocycles. The number of rotatable bonds is 12. The molecule has 7 N–H and O–H groups in total. The standard InChI is InChI=1S/C24H35N5O5/c1-5-14(4)21(24(33)34)29-22(31)18(10-15-11-26-17-9-7-6-8-16(15)17)28-19(30)12-27-23(32)20(25)13(2)3/h6-9,11,13-14,18,20-21,26H,5,10,12,25H2,1-4H3,(H,27,32)(H,28,30)(H,29,31)(H,33,34)/t14-,18-,20-,21-/m0/s1. The summed E-state index contributed by atoms with van der Waals surface area (Å²) in [4.78, 5) is 52.6. The van der Waals surface area contributed by atoms with E-state index in [2.05, 4.69) is 20.9 Å². The number of carbonyl (C=O) groups excluding carboxylic acids is 3. The molecule has 34 heavy (non-hydrogen) atoms. The van der Waals surface area contributed by atoms with E-state index in [0.29, 0.717) is 6.42 Å². The van der Waals surface area contributed by atoms with Crippen LogP contribution in [-0.2, 0) is 25.6 Å². The van der Waals surface area contributed by atoms with E-state index in [0.717, 1.165) is 16.5 Å². The van der Waals surface area contributed by atoms with Gasteiger partial charge in [-0.25, -0.2) is 4.79 Å². The number of carboxylic acids is 1. The number of aromatic amines is 1. The van der Waals surface area contributed by atoms with E-state index in [9.17, 15) is 24.3 Å². The number of carboxylic acid groups (broad SMARTS) is 1. The van der Waals surface area contributed by atoms with Crippen molar-refractivity contribution in [3.63, 3.8) is 0 Å². The predicted octanol–water partition coefficient (Wildman–Crippen LogP) is 0.910. The molecule has 2 aromatic rings. The van der Waals surface area contributed by atoms with E-state index in [1.165, 1.54) is 0 Å². The predicted molar refractivity (Wildman–Crippen MR) is 129 cm³/mol. The van der Waals surface area contributed by atoms with Crippen molar-refractivity contribution in [1.82, 2.24) is 20.9 Å². The zero-order valence-electron chi connectivity index (χ0n) is 20.1. The fourth-order valence-corrected chi connectivity index (χ4v) is 3.50. The summed E-state index contributed by atoms with van der Waals surface area (Å²) < 4.78 is 0. The molecular weight excluding hydrogens is 438 g/mol. The number of aromatic nitrogens is 1. The lowest BCUT2D eigenvalue weighted by molar-refractivity contribution is -0.143. The minimum absolute atomic E-state index is 0.100. The van der Waals surface area contributed by atoms with Crippen LogP contribution in [0.15, 0.2) is 30.5 Å². The Hall–Kier alpha value is -3.40. The van der Waals surface area contributed by atoms with E-state index in [4.69, 9.17) is 5.73 Å². The van der Waals surface area contributed by atoms with Crippen molar-refractivity contribution in [2.75, 3.05) is 6.54 Å². The average molecular weight is 474 g/mol. The lowest BCUT2D eigenvalue weighted by Gasteiger charge is -2.24. The fraction of sp³-hybridized carbons (Fsp3) is 0.500. The number of H-pyrrole nitrogens is 1. The molecule has 4 atom stereocenters. The summed E-state index contributed by atoms with van der Waals surface area (Å²) in [6, 6.07) is 4.63. The highest BCUT2D eigenvalue weighted by molar-refractivity contribution is 5.93.